The molecule has 0 unspecified atom stereocenters. The van der Waals surface area contributed by atoms with E-state index in [4.69, 9.17) is 23.2 Å². The highest BCUT2D eigenvalue weighted by molar-refractivity contribution is 8.77. The Morgan fingerprint density at radius 3 is 1.56 bits per heavy atom. The van der Waals surface area contributed by atoms with Crippen molar-refractivity contribution in [3.05, 3.63) is 34.0 Å². The monoisotopic (exact) mass is 354 g/mol. The standard InChI is InChI=1S/C10H4Cl2O2S4/c11-9(13)5-1-7(15-3-5)17-18-8-2-6(4-16-8)10(12)14/h1-4H. The van der Waals surface area contributed by atoms with Crippen molar-refractivity contribution in [3.8, 4) is 0 Å². The van der Waals surface area contributed by atoms with E-state index >= 15 is 0 Å². The minimum absolute atomic E-state index is 0.450. The molecule has 18 heavy (non-hydrogen) atoms. The topological polar surface area (TPSA) is 34.1 Å². The van der Waals surface area contributed by atoms with Crippen molar-refractivity contribution in [2.75, 3.05) is 0 Å². The molecule has 0 fully saturated rings. The fourth-order valence-electron chi connectivity index (χ4n) is 1.01. The van der Waals surface area contributed by atoms with Gasteiger partial charge in [0, 0.05) is 21.9 Å². The first kappa shape index (κ1) is 14.4. The van der Waals surface area contributed by atoms with Gasteiger partial charge in [-0.3, -0.25) is 9.59 Å². The molecule has 0 spiro atoms. The van der Waals surface area contributed by atoms with Crippen LogP contribution in [0.5, 0.6) is 0 Å². The van der Waals surface area contributed by atoms with Crippen LogP contribution < -0.4 is 0 Å². The molecule has 2 heterocycles. The van der Waals surface area contributed by atoms with E-state index in [1.807, 2.05) is 0 Å². The van der Waals surface area contributed by atoms with Gasteiger partial charge in [-0.2, -0.15) is 0 Å². The number of hydrogen-bond acceptors (Lipinski definition) is 6. The summed E-state index contributed by atoms with van der Waals surface area (Å²) >= 11 is 13.7. The number of carbonyl (C=O) groups is 2. The van der Waals surface area contributed by atoms with Gasteiger partial charge < -0.3 is 0 Å². The van der Waals surface area contributed by atoms with Gasteiger partial charge in [-0.15, -0.1) is 22.7 Å². The van der Waals surface area contributed by atoms with Crippen molar-refractivity contribution >= 4 is 77.9 Å². The summed E-state index contributed by atoms with van der Waals surface area (Å²) in [5, 5.41) is 2.55. The van der Waals surface area contributed by atoms with Crippen LogP contribution in [-0.4, -0.2) is 10.5 Å². The van der Waals surface area contributed by atoms with Crippen molar-refractivity contribution < 1.29 is 9.59 Å². The molecule has 2 aromatic heterocycles. The summed E-state index contributed by atoms with van der Waals surface area (Å²) in [5.74, 6) is 0. The van der Waals surface area contributed by atoms with Gasteiger partial charge in [0.05, 0.1) is 8.42 Å². The zero-order valence-corrected chi connectivity index (χ0v) is 13.3. The van der Waals surface area contributed by atoms with Crippen molar-refractivity contribution in [3.63, 3.8) is 0 Å². The second-order valence-electron chi connectivity index (χ2n) is 3.02. The van der Waals surface area contributed by atoms with Gasteiger partial charge in [0.1, 0.15) is 0 Å². The third kappa shape index (κ3) is 3.76. The molecule has 0 aliphatic carbocycles. The van der Waals surface area contributed by atoms with E-state index in [9.17, 15) is 9.59 Å². The number of hydrogen-bond donors (Lipinski definition) is 0. The zero-order chi connectivity index (χ0) is 13.1. The smallest absolute Gasteiger partial charge is 0.253 e. The Morgan fingerprint density at radius 2 is 1.28 bits per heavy atom. The third-order valence-corrected chi connectivity index (χ3v) is 7.38. The van der Waals surface area contributed by atoms with Gasteiger partial charge in [-0.05, 0) is 56.9 Å². The van der Waals surface area contributed by atoms with Crippen LogP contribution in [0, 0.1) is 0 Å². The molecule has 8 heteroatoms. The number of rotatable bonds is 5. The highest BCUT2D eigenvalue weighted by Crippen LogP contribution is 2.43. The summed E-state index contributed by atoms with van der Waals surface area (Å²) in [6.07, 6.45) is 0. The fourth-order valence-corrected chi connectivity index (χ4v) is 5.80. The number of carbonyl (C=O) groups excluding carboxylic acids is 2. The minimum atomic E-state index is -0.450. The van der Waals surface area contributed by atoms with E-state index in [0.717, 1.165) is 8.42 Å². The minimum Gasteiger partial charge on any atom is -0.276 e. The van der Waals surface area contributed by atoms with Gasteiger partial charge in [-0.1, -0.05) is 0 Å². The summed E-state index contributed by atoms with van der Waals surface area (Å²) < 4.78 is 1.97. The Kier molecular flexibility index (Phi) is 5.17. The van der Waals surface area contributed by atoms with E-state index in [1.54, 1.807) is 22.9 Å². The largest absolute Gasteiger partial charge is 0.276 e. The first-order valence-corrected chi connectivity index (χ1v) is 9.14. The average molecular weight is 355 g/mol. The van der Waals surface area contributed by atoms with Crippen molar-refractivity contribution in [2.45, 2.75) is 8.42 Å². The molecule has 0 aromatic carbocycles. The lowest BCUT2D eigenvalue weighted by Gasteiger charge is -1.92. The molecule has 94 valence electrons. The lowest BCUT2D eigenvalue weighted by Crippen LogP contribution is -1.81. The van der Waals surface area contributed by atoms with E-state index < -0.39 is 10.5 Å². The van der Waals surface area contributed by atoms with Crippen LogP contribution in [0.3, 0.4) is 0 Å². The molecule has 2 nitrogen and oxygen atoms in total. The average Bonchev–Trinajstić information content (AvgIpc) is 2.95. The third-order valence-electron chi connectivity index (χ3n) is 1.81. The Balaban J connectivity index is 1.97. The normalized spacial score (nSPS) is 10.6. The zero-order valence-electron chi connectivity index (χ0n) is 8.51. The first-order chi connectivity index (χ1) is 8.56. The lowest BCUT2D eigenvalue weighted by atomic mass is 10.4. The molecular formula is C10H4Cl2O2S4. The predicted molar refractivity (Wildman–Crippen MR) is 80.7 cm³/mol. The quantitative estimate of drug-likeness (QED) is 0.534. The molecule has 0 saturated heterocycles. The van der Waals surface area contributed by atoms with Gasteiger partial charge in [-0.25, -0.2) is 0 Å². The molecule has 0 saturated carbocycles. The molecule has 0 atom stereocenters. The summed E-state index contributed by atoms with van der Waals surface area (Å²) in [5.41, 5.74) is 1.01. The molecule has 0 bridgehead atoms. The summed E-state index contributed by atoms with van der Waals surface area (Å²) in [6, 6.07) is 3.50. The lowest BCUT2D eigenvalue weighted by molar-refractivity contribution is 0.107. The number of halogens is 2. The van der Waals surface area contributed by atoms with Gasteiger partial charge in [0.2, 0.25) is 0 Å². The van der Waals surface area contributed by atoms with E-state index in [1.165, 1.54) is 44.3 Å². The predicted octanol–water partition coefficient (Wildman–Crippen LogP) is 5.37. The maximum Gasteiger partial charge on any atom is 0.253 e. The summed E-state index contributed by atoms with van der Waals surface area (Å²) in [7, 11) is 3.03. The van der Waals surface area contributed by atoms with E-state index in [0.29, 0.717) is 11.1 Å². The summed E-state index contributed by atoms with van der Waals surface area (Å²) in [4.78, 5) is 21.8. The van der Waals surface area contributed by atoms with Crippen LogP contribution >= 0.6 is 67.5 Å². The van der Waals surface area contributed by atoms with Gasteiger partial charge in [0.25, 0.3) is 10.5 Å². The molecular weight excluding hydrogens is 351 g/mol. The van der Waals surface area contributed by atoms with Crippen LogP contribution in [0.2, 0.25) is 0 Å². The van der Waals surface area contributed by atoms with Crippen LogP contribution in [-0.2, 0) is 0 Å². The fraction of sp³-hybridized carbons (Fsp3) is 0. The molecule has 0 N–H and O–H groups in total. The van der Waals surface area contributed by atoms with Crippen LogP contribution in [0.4, 0.5) is 0 Å². The first-order valence-electron chi connectivity index (χ1n) is 4.47. The number of thiophene rings is 2. The van der Waals surface area contributed by atoms with E-state index in [2.05, 4.69) is 0 Å². The van der Waals surface area contributed by atoms with Crippen LogP contribution in [0.25, 0.3) is 0 Å². The second-order valence-corrected chi connectivity index (χ2v) is 8.26. The maximum atomic E-state index is 10.9. The molecule has 0 amide bonds. The second kappa shape index (κ2) is 6.45. The Morgan fingerprint density at radius 1 is 0.889 bits per heavy atom. The van der Waals surface area contributed by atoms with E-state index in [-0.39, 0.29) is 0 Å². The van der Waals surface area contributed by atoms with Crippen LogP contribution in [0.1, 0.15) is 20.7 Å². The van der Waals surface area contributed by atoms with Crippen LogP contribution in [0.15, 0.2) is 31.3 Å². The van der Waals surface area contributed by atoms with Crippen molar-refractivity contribution in [1.82, 2.24) is 0 Å². The Hall–Kier alpha value is 0.0200. The maximum absolute atomic E-state index is 10.9. The molecule has 0 aliphatic rings. The Labute approximate surface area is 129 Å². The molecule has 2 aromatic rings. The molecule has 0 radical (unpaired) electrons. The highest BCUT2D eigenvalue weighted by atomic mass is 35.5. The van der Waals surface area contributed by atoms with Gasteiger partial charge >= 0.3 is 0 Å². The summed E-state index contributed by atoms with van der Waals surface area (Å²) in [6.45, 7) is 0. The Bertz CT molecular complexity index is 538. The molecule has 0 aliphatic heterocycles. The van der Waals surface area contributed by atoms with Crippen molar-refractivity contribution in [2.24, 2.45) is 0 Å². The van der Waals surface area contributed by atoms with Gasteiger partial charge in [0.15, 0.2) is 0 Å². The SMILES string of the molecule is O=C(Cl)c1csc(SSc2cc(C(=O)Cl)cs2)c1. The molecule has 2 rings (SSSR count). The highest BCUT2D eigenvalue weighted by Gasteiger charge is 2.09. The van der Waals surface area contributed by atoms with Crippen molar-refractivity contribution in [1.29, 1.82) is 0 Å².